The van der Waals surface area contributed by atoms with E-state index in [1.165, 1.54) is 60.3 Å². The molecule has 11 aromatic carbocycles. The van der Waals surface area contributed by atoms with Crippen molar-refractivity contribution in [1.29, 1.82) is 0 Å². The van der Waals surface area contributed by atoms with Gasteiger partial charge < -0.3 is 9.32 Å². The van der Waals surface area contributed by atoms with Crippen molar-refractivity contribution in [1.82, 2.24) is 0 Å². The summed E-state index contributed by atoms with van der Waals surface area (Å²) >= 11 is 0. The molecule has 0 N–H and O–H groups in total. The summed E-state index contributed by atoms with van der Waals surface area (Å²) in [5.41, 5.74) is 14.5. The second kappa shape index (κ2) is 14.8. The Balaban J connectivity index is 0.941. The normalized spacial score (nSPS) is 11.5. The van der Waals surface area contributed by atoms with Crippen LogP contribution in [0.3, 0.4) is 0 Å². The first-order valence-corrected chi connectivity index (χ1v) is 21.2. The van der Waals surface area contributed by atoms with E-state index in [9.17, 15) is 0 Å². The molecule has 0 fully saturated rings. The number of fused-ring (bicyclic) bond motifs is 7. The van der Waals surface area contributed by atoms with Gasteiger partial charge in [-0.15, -0.1) is 0 Å². The highest BCUT2D eigenvalue weighted by Gasteiger charge is 2.18. The molecule has 0 atom stereocenters. The van der Waals surface area contributed by atoms with Crippen molar-refractivity contribution in [3.05, 3.63) is 237 Å². The smallest absolute Gasteiger partial charge is 0.143 e. The minimum absolute atomic E-state index is 0.890. The highest BCUT2D eigenvalue weighted by atomic mass is 16.3. The largest absolute Gasteiger partial charge is 0.455 e. The van der Waals surface area contributed by atoms with Crippen LogP contribution in [-0.2, 0) is 0 Å². The van der Waals surface area contributed by atoms with E-state index in [1.807, 2.05) is 0 Å². The maximum absolute atomic E-state index is 6.60. The molecule has 0 aliphatic carbocycles. The maximum Gasteiger partial charge on any atom is 0.143 e. The number of nitrogens with zero attached hydrogens (tertiary/aromatic N) is 1. The first-order valence-electron chi connectivity index (χ1n) is 21.2. The lowest BCUT2D eigenvalue weighted by atomic mass is 9.97. The predicted octanol–water partition coefficient (Wildman–Crippen LogP) is 17.2. The summed E-state index contributed by atoms with van der Waals surface area (Å²) in [7, 11) is 0. The van der Waals surface area contributed by atoms with Crippen LogP contribution in [-0.4, -0.2) is 0 Å². The van der Waals surface area contributed by atoms with Gasteiger partial charge in [0.25, 0.3) is 0 Å². The minimum Gasteiger partial charge on any atom is -0.455 e. The highest BCUT2D eigenvalue weighted by Crippen LogP contribution is 2.43. The van der Waals surface area contributed by atoms with E-state index in [-0.39, 0.29) is 0 Å². The number of anilines is 3. The Hall–Kier alpha value is -8.20. The first-order chi connectivity index (χ1) is 30.7. The molecule has 0 spiro atoms. The van der Waals surface area contributed by atoms with Gasteiger partial charge in [0.15, 0.2) is 0 Å². The number of benzene rings is 11. The summed E-state index contributed by atoms with van der Waals surface area (Å²) in [6.45, 7) is 0. The van der Waals surface area contributed by atoms with Crippen molar-refractivity contribution in [3.8, 4) is 44.5 Å². The fourth-order valence-corrected chi connectivity index (χ4v) is 9.35. The van der Waals surface area contributed by atoms with Gasteiger partial charge in [0.05, 0.1) is 0 Å². The van der Waals surface area contributed by atoms with Gasteiger partial charge in [-0.2, -0.15) is 0 Å². The summed E-state index contributed by atoms with van der Waals surface area (Å²) in [4.78, 5) is 2.37. The standard InChI is InChI=1S/C60H39NO/c1-2-13-47-38-48(27-26-40(47)10-1)43-24-22-41(23-25-43)42-28-33-50(34-29-42)61(51-35-30-46(31-36-51)54-19-8-14-44-11-3-5-17-53(44)54)52-16-7-15-49(39-52)55-20-9-21-58-59(55)57-37-32-45-12-4-6-18-56(45)60(57)62-58/h1-39H. The Morgan fingerprint density at radius 3 is 1.56 bits per heavy atom. The lowest BCUT2D eigenvalue weighted by Crippen LogP contribution is -2.10. The molecule has 12 aromatic rings. The molecular formula is C60H39NO. The third-order valence-corrected chi connectivity index (χ3v) is 12.5. The topological polar surface area (TPSA) is 16.4 Å². The van der Waals surface area contributed by atoms with Crippen LogP contribution in [0.15, 0.2) is 241 Å². The Bertz CT molecular complexity index is 3610. The molecule has 62 heavy (non-hydrogen) atoms. The van der Waals surface area contributed by atoms with E-state index >= 15 is 0 Å². The molecule has 290 valence electrons. The molecule has 0 radical (unpaired) electrons. The van der Waals surface area contributed by atoms with Crippen LogP contribution in [0.25, 0.3) is 98.8 Å². The molecule has 0 aliphatic heterocycles. The Morgan fingerprint density at radius 2 is 0.806 bits per heavy atom. The van der Waals surface area contributed by atoms with Gasteiger partial charge in [-0.25, -0.2) is 0 Å². The van der Waals surface area contributed by atoms with Crippen LogP contribution in [0.4, 0.5) is 17.1 Å². The molecule has 0 bridgehead atoms. The molecule has 1 aromatic heterocycles. The van der Waals surface area contributed by atoms with E-state index in [0.717, 1.165) is 55.5 Å². The second-order valence-electron chi connectivity index (χ2n) is 16.1. The number of rotatable bonds is 7. The first kappa shape index (κ1) is 35.7. The van der Waals surface area contributed by atoms with Gasteiger partial charge in [0.1, 0.15) is 11.2 Å². The number of hydrogen-bond donors (Lipinski definition) is 0. The predicted molar refractivity (Wildman–Crippen MR) is 263 cm³/mol. The SMILES string of the molecule is c1cc(-c2cccc3oc4c5ccccc5ccc4c23)cc(N(c2ccc(-c3ccc(-c4ccc5ccccc5c4)cc3)cc2)c2ccc(-c3cccc4ccccc34)cc2)c1. The van der Waals surface area contributed by atoms with Gasteiger partial charge in [-0.1, -0.05) is 182 Å². The van der Waals surface area contributed by atoms with Crippen LogP contribution in [0, 0.1) is 0 Å². The lowest BCUT2D eigenvalue weighted by molar-refractivity contribution is 0.673. The monoisotopic (exact) mass is 789 g/mol. The van der Waals surface area contributed by atoms with E-state index in [4.69, 9.17) is 4.42 Å². The third-order valence-electron chi connectivity index (χ3n) is 12.5. The average Bonchev–Trinajstić information content (AvgIpc) is 3.74. The maximum atomic E-state index is 6.60. The highest BCUT2D eigenvalue weighted by molar-refractivity contribution is 6.19. The minimum atomic E-state index is 0.890. The lowest BCUT2D eigenvalue weighted by Gasteiger charge is -2.26. The Labute approximate surface area is 360 Å². The van der Waals surface area contributed by atoms with Crippen molar-refractivity contribution in [2.45, 2.75) is 0 Å². The van der Waals surface area contributed by atoms with E-state index < -0.39 is 0 Å². The van der Waals surface area contributed by atoms with Crippen molar-refractivity contribution >= 4 is 71.3 Å². The zero-order valence-electron chi connectivity index (χ0n) is 33.9. The molecule has 0 aliphatic rings. The van der Waals surface area contributed by atoms with Crippen molar-refractivity contribution in [2.75, 3.05) is 4.90 Å². The van der Waals surface area contributed by atoms with Crippen LogP contribution in [0.1, 0.15) is 0 Å². The van der Waals surface area contributed by atoms with Gasteiger partial charge in [0, 0.05) is 33.2 Å². The summed E-state index contributed by atoms with van der Waals surface area (Å²) in [5, 5.41) is 9.56. The summed E-state index contributed by atoms with van der Waals surface area (Å²) < 4.78 is 6.60. The molecule has 2 heteroatoms. The second-order valence-corrected chi connectivity index (χ2v) is 16.1. The molecule has 0 saturated heterocycles. The fourth-order valence-electron chi connectivity index (χ4n) is 9.35. The van der Waals surface area contributed by atoms with Crippen molar-refractivity contribution in [3.63, 3.8) is 0 Å². The fraction of sp³-hybridized carbons (Fsp3) is 0. The van der Waals surface area contributed by atoms with Gasteiger partial charge in [0.2, 0.25) is 0 Å². The van der Waals surface area contributed by atoms with Crippen molar-refractivity contribution < 1.29 is 4.42 Å². The van der Waals surface area contributed by atoms with Crippen LogP contribution in [0.2, 0.25) is 0 Å². The van der Waals surface area contributed by atoms with Gasteiger partial charge in [-0.3, -0.25) is 0 Å². The zero-order valence-corrected chi connectivity index (χ0v) is 33.9. The number of furan rings is 1. The molecule has 12 rings (SSSR count). The van der Waals surface area contributed by atoms with Crippen molar-refractivity contribution in [2.24, 2.45) is 0 Å². The van der Waals surface area contributed by atoms with E-state index in [0.29, 0.717) is 0 Å². The average molecular weight is 790 g/mol. The molecular weight excluding hydrogens is 751 g/mol. The third kappa shape index (κ3) is 6.20. The molecule has 2 nitrogen and oxygen atoms in total. The van der Waals surface area contributed by atoms with Crippen LogP contribution in [0.5, 0.6) is 0 Å². The summed E-state index contributed by atoms with van der Waals surface area (Å²) in [6.07, 6.45) is 0. The van der Waals surface area contributed by atoms with Crippen LogP contribution < -0.4 is 4.90 Å². The Morgan fingerprint density at radius 1 is 0.274 bits per heavy atom. The van der Waals surface area contributed by atoms with E-state index in [1.54, 1.807) is 0 Å². The number of hydrogen-bond acceptors (Lipinski definition) is 2. The van der Waals surface area contributed by atoms with Gasteiger partial charge >= 0.3 is 0 Å². The molecule has 0 saturated carbocycles. The summed E-state index contributed by atoms with van der Waals surface area (Å²) in [5.74, 6) is 0. The van der Waals surface area contributed by atoms with Gasteiger partial charge in [-0.05, 0) is 126 Å². The quantitative estimate of drug-likeness (QED) is 0.160. The van der Waals surface area contributed by atoms with Crippen LogP contribution >= 0.6 is 0 Å². The van der Waals surface area contributed by atoms with E-state index in [2.05, 4.69) is 241 Å². The summed E-state index contributed by atoms with van der Waals surface area (Å²) in [6, 6.07) is 85.4. The Kier molecular flexibility index (Phi) is 8.53. The molecule has 0 unspecified atom stereocenters. The molecule has 1 heterocycles. The zero-order chi connectivity index (χ0) is 41.0. The molecule has 0 amide bonds.